The Morgan fingerprint density at radius 1 is 1.10 bits per heavy atom. The number of nitrogens with zero attached hydrogens (tertiary/aromatic N) is 4. The first-order valence-corrected chi connectivity index (χ1v) is 10.7. The molecule has 1 aromatic rings. The van der Waals surface area contributed by atoms with Gasteiger partial charge in [0.15, 0.2) is 5.69 Å². The third-order valence-corrected chi connectivity index (χ3v) is 7.00. The highest BCUT2D eigenvalue weighted by molar-refractivity contribution is 5.95. The molecule has 4 atom stereocenters. The van der Waals surface area contributed by atoms with Crippen LogP contribution in [0.5, 0.6) is 5.75 Å². The van der Waals surface area contributed by atoms with Gasteiger partial charge in [0.1, 0.15) is 11.8 Å². The van der Waals surface area contributed by atoms with Crippen LogP contribution in [0, 0.1) is 11.8 Å². The molecule has 0 aromatic carbocycles. The molecule has 3 saturated heterocycles. The molecule has 5 rings (SSSR count). The van der Waals surface area contributed by atoms with Gasteiger partial charge in [-0.2, -0.15) is 0 Å². The Labute approximate surface area is 175 Å². The average Bonchev–Trinajstić information content (AvgIpc) is 3.29. The van der Waals surface area contributed by atoms with Gasteiger partial charge in [0, 0.05) is 50.8 Å². The number of aromatic nitrogens is 1. The number of aromatic hydroxyl groups is 1. The van der Waals surface area contributed by atoms with E-state index in [1.807, 2.05) is 17.1 Å². The Morgan fingerprint density at radius 3 is 2.63 bits per heavy atom. The van der Waals surface area contributed by atoms with Crippen LogP contribution >= 0.6 is 0 Å². The van der Waals surface area contributed by atoms with Crippen molar-refractivity contribution in [3.63, 3.8) is 0 Å². The second-order valence-electron chi connectivity index (χ2n) is 8.76. The molecule has 0 saturated carbocycles. The molecule has 4 aliphatic heterocycles. The first kappa shape index (κ1) is 19.1. The number of carbonyl (C=O) groups excluding carboxylic acids is 3. The van der Waals surface area contributed by atoms with Crippen LogP contribution < -0.4 is 0 Å². The Kier molecular flexibility index (Phi) is 4.72. The lowest BCUT2D eigenvalue weighted by atomic mass is 9.71. The maximum absolute atomic E-state index is 13.4. The third-order valence-electron chi connectivity index (χ3n) is 7.00. The number of carbonyl (C=O) groups is 3. The Balaban J connectivity index is 1.46. The molecule has 5 heterocycles. The first-order valence-electron chi connectivity index (χ1n) is 10.7. The highest BCUT2D eigenvalue weighted by Gasteiger charge is 2.53. The van der Waals surface area contributed by atoms with Gasteiger partial charge in [0.25, 0.3) is 5.91 Å². The van der Waals surface area contributed by atoms with Crippen LogP contribution in [0.25, 0.3) is 0 Å². The topological polar surface area (TPSA) is 94.0 Å². The van der Waals surface area contributed by atoms with Crippen molar-refractivity contribution in [1.82, 2.24) is 19.7 Å². The van der Waals surface area contributed by atoms with Crippen molar-refractivity contribution >= 4 is 17.7 Å². The molecule has 30 heavy (non-hydrogen) atoms. The van der Waals surface area contributed by atoms with E-state index in [0.29, 0.717) is 32.6 Å². The van der Waals surface area contributed by atoms with Crippen LogP contribution in [0.1, 0.15) is 36.2 Å². The minimum atomic E-state index is -0.521. The number of rotatable bonds is 2. The fraction of sp³-hybridized carbons (Fsp3) is 0.545. The number of likely N-dealkylation sites (tertiary alicyclic amines) is 1. The van der Waals surface area contributed by atoms with Gasteiger partial charge >= 0.3 is 0 Å². The summed E-state index contributed by atoms with van der Waals surface area (Å²) < 4.78 is 0. The number of pyridine rings is 1. The lowest BCUT2D eigenvalue weighted by Gasteiger charge is -2.56. The summed E-state index contributed by atoms with van der Waals surface area (Å²) in [5.41, 5.74) is 0.0423. The van der Waals surface area contributed by atoms with Gasteiger partial charge in [0.2, 0.25) is 11.8 Å². The van der Waals surface area contributed by atoms with Gasteiger partial charge in [-0.15, -0.1) is 0 Å². The molecule has 8 heteroatoms. The SMILES string of the molecule is O=C(c1ncccc1O)N1C[C@H]2C[C@@H](C1)[C@H](C(=O)N1CC=CC1)N1C(=O)CCC[C@@H]21. The number of fused-ring (bicyclic) bond motifs is 4. The Bertz CT molecular complexity index is 908. The van der Waals surface area contributed by atoms with Gasteiger partial charge < -0.3 is 19.8 Å². The summed E-state index contributed by atoms with van der Waals surface area (Å²) in [6.07, 6.45) is 8.45. The van der Waals surface area contributed by atoms with E-state index in [-0.39, 0.29) is 47.0 Å². The molecule has 0 radical (unpaired) electrons. The third kappa shape index (κ3) is 3.05. The van der Waals surface area contributed by atoms with E-state index in [4.69, 9.17) is 0 Å². The molecule has 1 N–H and O–H groups in total. The molecular formula is C22H26N4O4. The van der Waals surface area contributed by atoms with Crippen molar-refractivity contribution in [2.45, 2.75) is 37.8 Å². The van der Waals surface area contributed by atoms with Crippen LogP contribution in [-0.4, -0.2) is 80.8 Å². The quantitative estimate of drug-likeness (QED) is 0.735. The van der Waals surface area contributed by atoms with Crippen LogP contribution in [0.3, 0.4) is 0 Å². The zero-order valence-corrected chi connectivity index (χ0v) is 16.8. The van der Waals surface area contributed by atoms with E-state index in [0.717, 1.165) is 19.3 Å². The fourth-order valence-corrected chi connectivity index (χ4v) is 5.70. The minimum absolute atomic E-state index is 0.0139. The van der Waals surface area contributed by atoms with Gasteiger partial charge in [-0.3, -0.25) is 14.4 Å². The smallest absolute Gasteiger partial charge is 0.276 e. The summed E-state index contributed by atoms with van der Waals surface area (Å²) in [6.45, 7) is 2.05. The molecule has 0 spiro atoms. The summed E-state index contributed by atoms with van der Waals surface area (Å²) >= 11 is 0. The number of piperidine rings is 3. The summed E-state index contributed by atoms with van der Waals surface area (Å²) in [5.74, 6) is -0.364. The van der Waals surface area contributed by atoms with E-state index in [1.165, 1.54) is 12.3 Å². The standard InChI is InChI=1S/C22H26N4O4/c27-17-6-4-8-23-19(17)21(29)25-12-14-11-15(13-25)20(22(30)24-9-1-2-10-24)26-16(14)5-3-7-18(26)28/h1-2,4,6,8,14-16,20,27H,3,5,7,9-13H2/t14-,15+,16+,20-/m1/s1. The molecule has 3 amide bonds. The second kappa shape index (κ2) is 7.41. The summed E-state index contributed by atoms with van der Waals surface area (Å²) in [6, 6.07) is 2.51. The monoisotopic (exact) mass is 410 g/mol. The zero-order chi connectivity index (χ0) is 20.8. The Hall–Kier alpha value is -2.90. The van der Waals surface area contributed by atoms with Crippen molar-refractivity contribution < 1.29 is 19.5 Å². The lowest BCUT2D eigenvalue weighted by Crippen LogP contribution is -2.68. The van der Waals surface area contributed by atoms with E-state index < -0.39 is 6.04 Å². The molecule has 0 aliphatic carbocycles. The van der Waals surface area contributed by atoms with Crippen molar-refractivity contribution in [3.8, 4) is 5.75 Å². The van der Waals surface area contributed by atoms with Crippen LogP contribution in [0.2, 0.25) is 0 Å². The highest BCUT2D eigenvalue weighted by atomic mass is 16.3. The molecule has 2 bridgehead atoms. The maximum atomic E-state index is 13.4. The van der Waals surface area contributed by atoms with E-state index in [1.54, 1.807) is 15.9 Å². The summed E-state index contributed by atoms with van der Waals surface area (Å²) in [4.78, 5) is 48.9. The van der Waals surface area contributed by atoms with Gasteiger partial charge in [-0.25, -0.2) is 4.98 Å². The second-order valence-corrected chi connectivity index (χ2v) is 8.76. The van der Waals surface area contributed by atoms with E-state index >= 15 is 0 Å². The van der Waals surface area contributed by atoms with Crippen molar-refractivity contribution in [2.75, 3.05) is 26.2 Å². The summed E-state index contributed by atoms with van der Waals surface area (Å²) in [7, 11) is 0. The van der Waals surface area contributed by atoms with Crippen LogP contribution in [0.4, 0.5) is 0 Å². The van der Waals surface area contributed by atoms with Gasteiger partial charge in [0.05, 0.1) is 0 Å². The highest BCUT2D eigenvalue weighted by Crippen LogP contribution is 2.42. The van der Waals surface area contributed by atoms with Crippen LogP contribution in [-0.2, 0) is 9.59 Å². The maximum Gasteiger partial charge on any atom is 0.276 e. The molecule has 158 valence electrons. The minimum Gasteiger partial charge on any atom is -0.505 e. The van der Waals surface area contributed by atoms with E-state index in [9.17, 15) is 19.5 Å². The Morgan fingerprint density at radius 2 is 1.87 bits per heavy atom. The van der Waals surface area contributed by atoms with E-state index in [2.05, 4.69) is 4.98 Å². The molecular weight excluding hydrogens is 384 g/mol. The van der Waals surface area contributed by atoms with Crippen molar-refractivity contribution in [1.29, 1.82) is 0 Å². The summed E-state index contributed by atoms with van der Waals surface area (Å²) in [5, 5.41) is 10.1. The molecule has 4 aliphatic rings. The largest absolute Gasteiger partial charge is 0.505 e. The van der Waals surface area contributed by atoms with Crippen molar-refractivity contribution in [2.24, 2.45) is 11.8 Å². The van der Waals surface area contributed by atoms with Crippen LogP contribution in [0.15, 0.2) is 30.5 Å². The fourth-order valence-electron chi connectivity index (χ4n) is 5.70. The van der Waals surface area contributed by atoms with Crippen molar-refractivity contribution in [3.05, 3.63) is 36.2 Å². The molecule has 3 fully saturated rings. The van der Waals surface area contributed by atoms with Gasteiger partial charge in [-0.1, -0.05) is 12.2 Å². The number of amides is 3. The predicted molar refractivity (Wildman–Crippen MR) is 107 cm³/mol. The number of hydrogen-bond acceptors (Lipinski definition) is 5. The van der Waals surface area contributed by atoms with Gasteiger partial charge in [-0.05, 0) is 37.3 Å². The number of hydrogen-bond donors (Lipinski definition) is 1. The normalized spacial score (nSPS) is 30.4. The molecule has 8 nitrogen and oxygen atoms in total. The molecule has 0 unspecified atom stereocenters. The molecule has 1 aromatic heterocycles. The predicted octanol–water partition coefficient (Wildman–Crippen LogP) is 1.03. The lowest BCUT2D eigenvalue weighted by molar-refractivity contribution is -0.163. The first-order chi connectivity index (χ1) is 14.5. The average molecular weight is 410 g/mol. The zero-order valence-electron chi connectivity index (χ0n) is 16.8.